The highest BCUT2D eigenvalue weighted by Gasteiger charge is 2.15. The van der Waals surface area contributed by atoms with Crippen molar-refractivity contribution < 1.29 is 4.74 Å². The molecule has 1 aromatic heterocycles. The Labute approximate surface area is 137 Å². The van der Waals surface area contributed by atoms with Crippen molar-refractivity contribution >= 4 is 0 Å². The fourth-order valence-electron chi connectivity index (χ4n) is 2.58. The van der Waals surface area contributed by atoms with E-state index < -0.39 is 0 Å². The molecule has 23 heavy (non-hydrogen) atoms. The van der Waals surface area contributed by atoms with Crippen LogP contribution in [0.15, 0.2) is 79.0 Å². The largest absolute Gasteiger partial charge is 0.497 e. The van der Waals surface area contributed by atoms with E-state index in [9.17, 15) is 0 Å². The molecule has 0 saturated heterocycles. The molecule has 3 heteroatoms. The molecule has 3 aromatic rings. The first-order chi connectivity index (χ1) is 11.4. The van der Waals surface area contributed by atoms with Gasteiger partial charge in [-0.1, -0.05) is 48.5 Å². The number of nitrogens with zero attached hydrogens (tertiary/aromatic N) is 1. The predicted molar refractivity (Wildman–Crippen MR) is 92.4 cm³/mol. The van der Waals surface area contributed by atoms with Gasteiger partial charge in [0, 0.05) is 12.7 Å². The molecule has 1 heterocycles. The van der Waals surface area contributed by atoms with E-state index in [4.69, 9.17) is 4.74 Å². The molecule has 0 bridgehead atoms. The molecular weight excluding hydrogens is 284 g/mol. The number of aromatic nitrogens is 1. The van der Waals surface area contributed by atoms with Crippen LogP contribution < -0.4 is 10.1 Å². The summed E-state index contributed by atoms with van der Waals surface area (Å²) in [6.45, 7) is 0.777. The van der Waals surface area contributed by atoms with Gasteiger partial charge in [-0.05, 0) is 35.4 Å². The third-order valence-electron chi connectivity index (χ3n) is 3.76. The molecule has 0 aliphatic heterocycles. The molecule has 0 aliphatic carbocycles. The Morgan fingerprint density at radius 3 is 2.52 bits per heavy atom. The lowest BCUT2D eigenvalue weighted by Gasteiger charge is -2.19. The van der Waals surface area contributed by atoms with Crippen LogP contribution in [0.25, 0.3) is 0 Å². The Kier molecular flexibility index (Phi) is 5.02. The van der Waals surface area contributed by atoms with E-state index in [-0.39, 0.29) is 6.04 Å². The van der Waals surface area contributed by atoms with E-state index in [1.54, 1.807) is 7.11 Å². The predicted octanol–water partition coefficient (Wildman–Crippen LogP) is 3.97. The summed E-state index contributed by atoms with van der Waals surface area (Å²) in [5, 5.41) is 3.60. The highest BCUT2D eigenvalue weighted by molar-refractivity contribution is 5.34. The molecule has 1 N–H and O–H groups in total. The summed E-state index contributed by atoms with van der Waals surface area (Å²) in [6, 6.07) is 24.5. The van der Waals surface area contributed by atoms with Gasteiger partial charge in [-0.3, -0.25) is 4.98 Å². The Bertz CT molecular complexity index is 729. The first-order valence-electron chi connectivity index (χ1n) is 7.69. The topological polar surface area (TPSA) is 34.1 Å². The Balaban J connectivity index is 1.87. The average Bonchev–Trinajstić information content (AvgIpc) is 2.64. The number of pyridine rings is 1. The van der Waals surface area contributed by atoms with Gasteiger partial charge in [-0.15, -0.1) is 0 Å². The summed E-state index contributed by atoms with van der Waals surface area (Å²) in [5.74, 6) is 0.852. The molecule has 116 valence electrons. The lowest BCUT2D eigenvalue weighted by atomic mass is 10.0. The summed E-state index contributed by atoms with van der Waals surface area (Å²) in [7, 11) is 1.69. The average molecular weight is 304 g/mol. The van der Waals surface area contributed by atoms with E-state index >= 15 is 0 Å². The van der Waals surface area contributed by atoms with E-state index in [2.05, 4.69) is 46.7 Å². The molecule has 3 rings (SSSR count). The molecule has 0 spiro atoms. The number of benzene rings is 2. The highest BCUT2D eigenvalue weighted by Crippen LogP contribution is 2.24. The zero-order valence-corrected chi connectivity index (χ0v) is 13.1. The van der Waals surface area contributed by atoms with Crippen LogP contribution in [0.4, 0.5) is 0 Å². The fraction of sp³-hybridized carbons (Fsp3) is 0.150. The van der Waals surface area contributed by atoms with Crippen LogP contribution >= 0.6 is 0 Å². The molecule has 0 fully saturated rings. The number of hydrogen-bond acceptors (Lipinski definition) is 3. The SMILES string of the molecule is COc1cccc([C@H](NCc2ccccc2)c2ccccn2)c1. The maximum atomic E-state index is 5.36. The minimum absolute atomic E-state index is 0.0199. The Morgan fingerprint density at radius 2 is 1.78 bits per heavy atom. The molecule has 0 aliphatic rings. The van der Waals surface area contributed by atoms with E-state index in [0.29, 0.717) is 0 Å². The maximum absolute atomic E-state index is 5.36. The van der Waals surface area contributed by atoms with Gasteiger partial charge in [0.2, 0.25) is 0 Å². The van der Waals surface area contributed by atoms with Crippen molar-refractivity contribution in [3.8, 4) is 5.75 Å². The van der Waals surface area contributed by atoms with Crippen LogP contribution in [0.5, 0.6) is 5.75 Å². The molecule has 2 aromatic carbocycles. The standard InChI is InChI=1S/C20H20N2O/c1-23-18-11-7-10-17(14-18)20(19-12-5-6-13-21-19)22-15-16-8-3-2-4-9-16/h2-14,20,22H,15H2,1H3/t20-/m0/s1. The first kappa shape index (κ1) is 15.3. The highest BCUT2D eigenvalue weighted by atomic mass is 16.5. The molecule has 0 saturated carbocycles. The second-order valence-electron chi connectivity index (χ2n) is 5.33. The molecule has 1 atom stereocenters. The summed E-state index contributed by atoms with van der Waals surface area (Å²) < 4.78 is 5.36. The minimum Gasteiger partial charge on any atom is -0.497 e. The number of ether oxygens (including phenoxy) is 1. The lowest BCUT2D eigenvalue weighted by Crippen LogP contribution is -2.23. The van der Waals surface area contributed by atoms with Crippen LogP contribution in [0.2, 0.25) is 0 Å². The zero-order valence-electron chi connectivity index (χ0n) is 13.1. The van der Waals surface area contributed by atoms with Crippen LogP contribution in [0.1, 0.15) is 22.9 Å². The van der Waals surface area contributed by atoms with Crippen molar-refractivity contribution in [1.82, 2.24) is 10.3 Å². The quantitative estimate of drug-likeness (QED) is 0.748. The molecular formula is C20H20N2O. The third-order valence-corrected chi connectivity index (χ3v) is 3.76. The minimum atomic E-state index is 0.0199. The van der Waals surface area contributed by atoms with Crippen LogP contribution in [-0.2, 0) is 6.54 Å². The van der Waals surface area contributed by atoms with Gasteiger partial charge in [-0.2, -0.15) is 0 Å². The van der Waals surface area contributed by atoms with Gasteiger partial charge in [0.1, 0.15) is 5.75 Å². The van der Waals surface area contributed by atoms with Crippen molar-refractivity contribution in [2.75, 3.05) is 7.11 Å². The van der Waals surface area contributed by atoms with Crippen LogP contribution in [0, 0.1) is 0 Å². The number of hydrogen-bond donors (Lipinski definition) is 1. The summed E-state index contributed by atoms with van der Waals surface area (Å²) in [5.41, 5.74) is 3.38. The molecule has 0 radical (unpaired) electrons. The van der Waals surface area contributed by atoms with Gasteiger partial charge in [0.25, 0.3) is 0 Å². The second-order valence-corrected chi connectivity index (χ2v) is 5.33. The normalized spacial score (nSPS) is 11.9. The summed E-state index contributed by atoms with van der Waals surface area (Å²) >= 11 is 0. The third kappa shape index (κ3) is 3.96. The van der Waals surface area contributed by atoms with Crippen molar-refractivity contribution in [2.45, 2.75) is 12.6 Å². The van der Waals surface area contributed by atoms with Crippen molar-refractivity contribution in [3.63, 3.8) is 0 Å². The van der Waals surface area contributed by atoms with E-state index in [1.165, 1.54) is 5.56 Å². The fourth-order valence-corrected chi connectivity index (χ4v) is 2.58. The second kappa shape index (κ2) is 7.56. The lowest BCUT2D eigenvalue weighted by molar-refractivity contribution is 0.413. The van der Waals surface area contributed by atoms with E-state index in [1.807, 2.05) is 42.6 Å². The van der Waals surface area contributed by atoms with Crippen molar-refractivity contribution in [2.24, 2.45) is 0 Å². The summed E-state index contributed by atoms with van der Waals surface area (Å²) in [6.07, 6.45) is 1.83. The number of rotatable bonds is 6. The van der Waals surface area contributed by atoms with Crippen LogP contribution in [0.3, 0.4) is 0 Å². The summed E-state index contributed by atoms with van der Waals surface area (Å²) in [4.78, 5) is 4.52. The Hall–Kier alpha value is -2.65. The maximum Gasteiger partial charge on any atom is 0.119 e. The van der Waals surface area contributed by atoms with Gasteiger partial charge in [0.15, 0.2) is 0 Å². The monoisotopic (exact) mass is 304 g/mol. The number of nitrogens with one attached hydrogen (secondary N) is 1. The van der Waals surface area contributed by atoms with Gasteiger partial charge in [-0.25, -0.2) is 0 Å². The molecule has 0 amide bonds. The smallest absolute Gasteiger partial charge is 0.119 e. The number of methoxy groups -OCH3 is 1. The van der Waals surface area contributed by atoms with Gasteiger partial charge in [0.05, 0.1) is 18.8 Å². The molecule has 3 nitrogen and oxygen atoms in total. The Morgan fingerprint density at radius 1 is 0.957 bits per heavy atom. The van der Waals surface area contributed by atoms with Gasteiger partial charge >= 0.3 is 0 Å². The van der Waals surface area contributed by atoms with E-state index in [0.717, 1.165) is 23.6 Å². The van der Waals surface area contributed by atoms with Gasteiger partial charge < -0.3 is 10.1 Å². The van der Waals surface area contributed by atoms with Crippen LogP contribution in [-0.4, -0.2) is 12.1 Å². The van der Waals surface area contributed by atoms with Crippen molar-refractivity contribution in [1.29, 1.82) is 0 Å². The molecule has 0 unspecified atom stereocenters. The zero-order chi connectivity index (χ0) is 15.9. The van der Waals surface area contributed by atoms with Crippen molar-refractivity contribution in [3.05, 3.63) is 95.8 Å². The first-order valence-corrected chi connectivity index (χ1v) is 7.69.